The Hall–Kier alpha value is -1.69. The van der Waals surface area contributed by atoms with Crippen molar-refractivity contribution in [1.82, 2.24) is 5.32 Å². The smallest absolute Gasteiger partial charge is 0.408 e. The SMILES string of the molecule is Cc1cc2c(cc1C(N)=O)SCCC2NC(=O)OC(C)(C)C. The number of amides is 2. The third kappa shape index (κ3) is 3.94. The molecule has 0 saturated carbocycles. The number of fused-ring (bicyclic) bond motifs is 1. The van der Waals surface area contributed by atoms with Gasteiger partial charge in [0.05, 0.1) is 6.04 Å². The summed E-state index contributed by atoms with van der Waals surface area (Å²) in [5.41, 5.74) is 7.24. The van der Waals surface area contributed by atoms with Gasteiger partial charge in [0.15, 0.2) is 0 Å². The number of hydrogen-bond acceptors (Lipinski definition) is 4. The van der Waals surface area contributed by atoms with E-state index in [0.717, 1.165) is 28.2 Å². The zero-order valence-electron chi connectivity index (χ0n) is 13.4. The minimum atomic E-state index is -0.526. The first kappa shape index (κ1) is 16.7. The molecule has 0 spiro atoms. The summed E-state index contributed by atoms with van der Waals surface area (Å²) in [6.07, 6.45) is 0.402. The monoisotopic (exact) mass is 322 g/mol. The van der Waals surface area contributed by atoms with Gasteiger partial charge in [-0.05, 0) is 51.3 Å². The lowest BCUT2D eigenvalue weighted by Gasteiger charge is -2.28. The minimum Gasteiger partial charge on any atom is -0.444 e. The Morgan fingerprint density at radius 1 is 1.36 bits per heavy atom. The zero-order chi connectivity index (χ0) is 16.5. The molecule has 6 heteroatoms. The van der Waals surface area contributed by atoms with Crippen LogP contribution in [0.3, 0.4) is 0 Å². The predicted molar refractivity (Wildman–Crippen MR) is 87.1 cm³/mol. The van der Waals surface area contributed by atoms with E-state index in [4.69, 9.17) is 10.5 Å². The number of carbonyl (C=O) groups is 2. The molecule has 0 aromatic heterocycles. The van der Waals surface area contributed by atoms with Crippen LogP contribution in [0.5, 0.6) is 0 Å². The molecule has 1 atom stereocenters. The summed E-state index contributed by atoms with van der Waals surface area (Å²) in [7, 11) is 0. The van der Waals surface area contributed by atoms with Crippen molar-refractivity contribution in [3.63, 3.8) is 0 Å². The topological polar surface area (TPSA) is 81.4 Å². The fourth-order valence-corrected chi connectivity index (χ4v) is 3.56. The number of hydrogen-bond donors (Lipinski definition) is 2. The van der Waals surface area contributed by atoms with Crippen molar-refractivity contribution in [2.24, 2.45) is 5.73 Å². The minimum absolute atomic E-state index is 0.105. The molecule has 0 saturated heterocycles. The van der Waals surface area contributed by atoms with Crippen LogP contribution in [-0.2, 0) is 4.74 Å². The van der Waals surface area contributed by atoms with Gasteiger partial charge in [-0.3, -0.25) is 4.79 Å². The van der Waals surface area contributed by atoms with Crippen molar-refractivity contribution in [1.29, 1.82) is 0 Å². The van der Waals surface area contributed by atoms with E-state index in [-0.39, 0.29) is 6.04 Å². The molecule has 22 heavy (non-hydrogen) atoms. The molecule has 1 aromatic carbocycles. The maximum absolute atomic E-state index is 12.0. The van der Waals surface area contributed by atoms with Crippen molar-refractivity contribution in [3.8, 4) is 0 Å². The molecule has 120 valence electrons. The average Bonchev–Trinajstić information content (AvgIpc) is 2.36. The number of nitrogens with two attached hydrogens (primary N) is 1. The highest BCUT2D eigenvalue weighted by atomic mass is 32.2. The zero-order valence-corrected chi connectivity index (χ0v) is 14.2. The van der Waals surface area contributed by atoms with E-state index in [1.165, 1.54) is 0 Å². The largest absolute Gasteiger partial charge is 0.444 e. The fraction of sp³-hybridized carbons (Fsp3) is 0.500. The number of benzene rings is 1. The molecule has 1 aromatic rings. The Kier molecular flexibility index (Phi) is 4.70. The van der Waals surface area contributed by atoms with E-state index >= 15 is 0 Å². The van der Waals surface area contributed by atoms with Crippen LogP contribution in [-0.4, -0.2) is 23.4 Å². The van der Waals surface area contributed by atoms with Gasteiger partial charge in [0, 0.05) is 16.2 Å². The quantitative estimate of drug-likeness (QED) is 0.876. The summed E-state index contributed by atoms with van der Waals surface area (Å²) in [4.78, 5) is 24.4. The van der Waals surface area contributed by atoms with Crippen molar-refractivity contribution in [3.05, 3.63) is 28.8 Å². The number of nitrogens with one attached hydrogen (secondary N) is 1. The second-order valence-electron chi connectivity index (χ2n) is 6.41. The van der Waals surface area contributed by atoms with Crippen LogP contribution in [0.2, 0.25) is 0 Å². The van der Waals surface area contributed by atoms with Crippen LogP contribution in [0.4, 0.5) is 4.79 Å². The number of alkyl carbamates (subject to hydrolysis) is 1. The molecular weight excluding hydrogens is 300 g/mol. The second kappa shape index (κ2) is 6.20. The average molecular weight is 322 g/mol. The molecule has 0 aliphatic carbocycles. The lowest BCUT2D eigenvalue weighted by molar-refractivity contribution is 0.0501. The van der Waals surface area contributed by atoms with E-state index in [1.807, 2.05) is 39.8 Å². The van der Waals surface area contributed by atoms with Crippen LogP contribution < -0.4 is 11.1 Å². The molecule has 0 bridgehead atoms. The Morgan fingerprint density at radius 3 is 2.64 bits per heavy atom. The number of thioether (sulfide) groups is 1. The Balaban J connectivity index is 2.23. The van der Waals surface area contributed by atoms with Crippen molar-refractivity contribution in [2.45, 2.75) is 50.7 Å². The third-order valence-electron chi connectivity index (χ3n) is 3.35. The molecular formula is C16H22N2O3S. The van der Waals surface area contributed by atoms with E-state index in [0.29, 0.717) is 5.56 Å². The lowest BCUT2D eigenvalue weighted by atomic mass is 9.98. The van der Waals surface area contributed by atoms with E-state index in [9.17, 15) is 9.59 Å². The fourth-order valence-electron chi connectivity index (χ4n) is 2.42. The second-order valence-corrected chi connectivity index (χ2v) is 7.54. The lowest BCUT2D eigenvalue weighted by Crippen LogP contribution is -2.36. The molecule has 5 nitrogen and oxygen atoms in total. The summed E-state index contributed by atoms with van der Waals surface area (Å²) in [5, 5.41) is 2.92. The van der Waals surface area contributed by atoms with Gasteiger partial charge in [0.1, 0.15) is 5.60 Å². The number of ether oxygens (including phenoxy) is 1. The van der Waals surface area contributed by atoms with Crippen LogP contribution >= 0.6 is 11.8 Å². The van der Waals surface area contributed by atoms with Crippen molar-refractivity contribution >= 4 is 23.8 Å². The highest BCUT2D eigenvalue weighted by molar-refractivity contribution is 7.99. The molecule has 2 amide bonds. The number of rotatable bonds is 2. The van der Waals surface area contributed by atoms with Crippen LogP contribution in [0.1, 0.15) is 54.7 Å². The maximum atomic E-state index is 12.0. The highest BCUT2D eigenvalue weighted by Gasteiger charge is 2.26. The molecule has 1 unspecified atom stereocenters. The van der Waals surface area contributed by atoms with Gasteiger partial charge in [-0.2, -0.15) is 0 Å². The van der Waals surface area contributed by atoms with E-state index in [1.54, 1.807) is 11.8 Å². The van der Waals surface area contributed by atoms with Gasteiger partial charge in [-0.25, -0.2) is 4.79 Å². The summed E-state index contributed by atoms with van der Waals surface area (Å²) >= 11 is 1.67. The first-order valence-electron chi connectivity index (χ1n) is 7.24. The summed E-state index contributed by atoms with van der Waals surface area (Å²) in [5.74, 6) is 0.442. The molecule has 2 rings (SSSR count). The first-order valence-corrected chi connectivity index (χ1v) is 8.22. The Labute approximate surface area is 135 Å². The van der Waals surface area contributed by atoms with Gasteiger partial charge in [-0.15, -0.1) is 11.8 Å². The van der Waals surface area contributed by atoms with E-state index in [2.05, 4.69) is 5.32 Å². The molecule has 0 radical (unpaired) electrons. The van der Waals surface area contributed by atoms with Gasteiger partial charge in [0.2, 0.25) is 5.91 Å². The molecule has 1 aliphatic heterocycles. The Morgan fingerprint density at radius 2 is 2.05 bits per heavy atom. The molecule has 1 aliphatic rings. The third-order valence-corrected chi connectivity index (χ3v) is 4.46. The summed E-state index contributed by atoms with van der Waals surface area (Å²) < 4.78 is 5.32. The van der Waals surface area contributed by atoms with Crippen molar-refractivity contribution in [2.75, 3.05) is 5.75 Å². The number of primary amides is 1. The molecule has 0 fully saturated rings. The normalized spacial score (nSPS) is 17.5. The van der Waals surface area contributed by atoms with Gasteiger partial charge in [0.25, 0.3) is 0 Å². The summed E-state index contributed by atoms with van der Waals surface area (Å²) in [6, 6.07) is 3.65. The van der Waals surface area contributed by atoms with Crippen LogP contribution in [0.25, 0.3) is 0 Å². The number of aryl methyl sites for hydroxylation is 1. The highest BCUT2D eigenvalue weighted by Crippen LogP contribution is 2.37. The van der Waals surface area contributed by atoms with Gasteiger partial charge < -0.3 is 15.8 Å². The van der Waals surface area contributed by atoms with Crippen molar-refractivity contribution < 1.29 is 14.3 Å². The first-order chi connectivity index (χ1) is 10.2. The molecule has 1 heterocycles. The Bertz CT molecular complexity index is 608. The predicted octanol–water partition coefficient (Wildman–Crippen LogP) is 3.16. The standard InChI is InChI=1S/C16H22N2O3S/c1-9-7-11-12(18-15(20)21-16(2,3)4)5-6-22-13(11)8-10(9)14(17)19/h7-8,12H,5-6H2,1-4H3,(H2,17,19)(H,18,20). The van der Waals surface area contributed by atoms with Crippen LogP contribution in [0, 0.1) is 6.92 Å². The number of carbonyl (C=O) groups excluding carboxylic acids is 2. The molecule has 3 N–H and O–H groups in total. The van der Waals surface area contributed by atoms with Gasteiger partial charge >= 0.3 is 6.09 Å². The maximum Gasteiger partial charge on any atom is 0.408 e. The van der Waals surface area contributed by atoms with Gasteiger partial charge in [-0.1, -0.05) is 6.07 Å². The van der Waals surface area contributed by atoms with Crippen LogP contribution in [0.15, 0.2) is 17.0 Å². The summed E-state index contributed by atoms with van der Waals surface area (Å²) in [6.45, 7) is 7.35. The van der Waals surface area contributed by atoms with E-state index < -0.39 is 17.6 Å².